The van der Waals surface area contributed by atoms with Crippen LogP contribution in [0.25, 0.3) is 0 Å². The van der Waals surface area contributed by atoms with E-state index in [-0.39, 0.29) is 24.2 Å². The quantitative estimate of drug-likeness (QED) is 0.350. The monoisotopic (exact) mass is 400 g/mol. The minimum Gasteiger partial charge on any atom is -0.345 e. The number of nitrogens with zero attached hydrogens (tertiary/aromatic N) is 2. The highest BCUT2D eigenvalue weighted by Crippen LogP contribution is 2.14. The van der Waals surface area contributed by atoms with Crippen LogP contribution in [0.1, 0.15) is 11.1 Å². The lowest BCUT2D eigenvalue weighted by Gasteiger charge is -2.19. The lowest BCUT2D eigenvalue weighted by atomic mass is 10.0. The summed E-state index contributed by atoms with van der Waals surface area (Å²) in [4.78, 5) is 44.3. The van der Waals surface area contributed by atoms with E-state index in [2.05, 4.69) is 10.6 Å². The zero-order valence-electron chi connectivity index (χ0n) is 15.6. The highest BCUT2D eigenvalue weighted by atomic mass is 16.6. The summed E-state index contributed by atoms with van der Waals surface area (Å²) in [6.45, 7) is 0. The Balaban J connectivity index is 1.99. The number of carbonyl (C=O) groups is 2. The molecule has 0 saturated heterocycles. The summed E-state index contributed by atoms with van der Waals surface area (Å²) in [5, 5.41) is 26.9. The lowest BCUT2D eigenvalue weighted by molar-refractivity contribution is -0.385. The number of likely N-dealkylation sites (N-methyl/N-ethyl adjacent to an activating group) is 1. The lowest BCUT2D eigenvalue weighted by Crippen LogP contribution is -2.49. The number of nitro groups is 2. The van der Waals surface area contributed by atoms with Crippen LogP contribution in [-0.2, 0) is 22.4 Å². The summed E-state index contributed by atoms with van der Waals surface area (Å²) in [7, 11) is 1.60. The van der Waals surface area contributed by atoms with Gasteiger partial charge in [-0.15, -0.1) is 0 Å². The summed E-state index contributed by atoms with van der Waals surface area (Å²) in [6.07, 6.45) is 1.09. The van der Waals surface area contributed by atoms with E-state index in [4.69, 9.17) is 0 Å². The third-order valence-corrected chi connectivity index (χ3v) is 4.35. The largest absolute Gasteiger partial charge is 0.345 e. The number of non-ortho nitro benzene ring substituents is 2. The van der Waals surface area contributed by atoms with Gasteiger partial charge >= 0.3 is 0 Å². The second kappa shape index (κ2) is 10.0. The molecule has 29 heavy (non-hydrogen) atoms. The molecule has 0 aliphatic heterocycles. The van der Waals surface area contributed by atoms with Gasteiger partial charge in [0.15, 0.2) is 0 Å². The molecular weight excluding hydrogens is 380 g/mol. The fourth-order valence-corrected chi connectivity index (χ4v) is 2.74. The van der Waals surface area contributed by atoms with Crippen LogP contribution < -0.4 is 10.6 Å². The first-order valence-corrected chi connectivity index (χ1v) is 8.73. The van der Waals surface area contributed by atoms with Crippen molar-refractivity contribution >= 4 is 23.6 Å². The van der Waals surface area contributed by atoms with Gasteiger partial charge in [-0.1, -0.05) is 24.3 Å². The first kappa shape index (κ1) is 21.6. The second-order valence-corrected chi connectivity index (χ2v) is 6.35. The van der Waals surface area contributed by atoms with Gasteiger partial charge in [0.1, 0.15) is 6.29 Å². The van der Waals surface area contributed by atoms with Crippen LogP contribution in [0, 0.1) is 20.2 Å². The number of hydrogen-bond acceptors (Lipinski definition) is 7. The predicted molar refractivity (Wildman–Crippen MR) is 104 cm³/mol. The van der Waals surface area contributed by atoms with Gasteiger partial charge in [0.05, 0.1) is 21.9 Å². The highest BCUT2D eigenvalue weighted by molar-refractivity contribution is 5.84. The van der Waals surface area contributed by atoms with E-state index >= 15 is 0 Å². The molecule has 2 unspecified atom stereocenters. The van der Waals surface area contributed by atoms with Gasteiger partial charge in [-0.2, -0.15) is 0 Å². The van der Waals surface area contributed by atoms with Gasteiger partial charge in [-0.05, 0) is 31.0 Å². The van der Waals surface area contributed by atoms with Crippen LogP contribution in [-0.4, -0.2) is 41.2 Å². The van der Waals surface area contributed by atoms with Crippen LogP contribution >= 0.6 is 0 Å². The number of aldehydes is 1. The molecule has 0 spiro atoms. The molecule has 0 bridgehead atoms. The van der Waals surface area contributed by atoms with E-state index in [1.54, 1.807) is 19.2 Å². The number of amides is 1. The normalized spacial score (nSPS) is 12.6. The number of nitrogens with one attached hydrogen (secondary N) is 2. The molecular formula is C19H20N4O6. The van der Waals surface area contributed by atoms with Crippen LogP contribution in [0.15, 0.2) is 48.5 Å². The zero-order chi connectivity index (χ0) is 21.4. The van der Waals surface area contributed by atoms with Crippen molar-refractivity contribution in [3.63, 3.8) is 0 Å². The van der Waals surface area contributed by atoms with Crippen molar-refractivity contribution in [2.45, 2.75) is 24.9 Å². The summed E-state index contributed by atoms with van der Waals surface area (Å²) in [5.74, 6) is -0.398. The zero-order valence-corrected chi connectivity index (χ0v) is 15.6. The standard InChI is InChI=1S/C19H20N4O6/c1-20-18(11-14-4-8-17(9-5-14)23(28)29)19(25)21-15(12-24)10-13-2-6-16(7-3-13)22(26)27/h2-9,12,15,18,20H,10-11H2,1H3,(H,21,25). The van der Waals surface area contributed by atoms with Crippen LogP contribution in [0.2, 0.25) is 0 Å². The smallest absolute Gasteiger partial charge is 0.269 e. The maximum absolute atomic E-state index is 12.5. The number of carbonyl (C=O) groups excluding carboxylic acids is 2. The van der Waals surface area contributed by atoms with Gasteiger partial charge in [-0.3, -0.25) is 25.0 Å². The van der Waals surface area contributed by atoms with Gasteiger partial charge in [0.2, 0.25) is 5.91 Å². The van der Waals surface area contributed by atoms with Gasteiger partial charge in [0.25, 0.3) is 11.4 Å². The molecule has 2 aromatic rings. The second-order valence-electron chi connectivity index (χ2n) is 6.35. The van der Waals surface area contributed by atoms with E-state index in [1.165, 1.54) is 36.4 Å². The maximum Gasteiger partial charge on any atom is 0.269 e. The number of hydrogen-bond donors (Lipinski definition) is 2. The molecule has 0 radical (unpaired) electrons. The summed E-state index contributed by atoms with van der Waals surface area (Å²) in [5.41, 5.74) is 1.30. The van der Waals surface area contributed by atoms with E-state index in [1.807, 2.05) is 0 Å². The Morgan fingerprint density at radius 3 is 1.76 bits per heavy atom. The Morgan fingerprint density at radius 1 is 0.931 bits per heavy atom. The van der Waals surface area contributed by atoms with Crippen LogP contribution in [0.3, 0.4) is 0 Å². The molecule has 2 rings (SSSR count). The fraction of sp³-hybridized carbons (Fsp3) is 0.263. The van der Waals surface area contributed by atoms with Crippen LogP contribution in [0.5, 0.6) is 0 Å². The van der Waals surface area contributed by atoms with Gasteiger partial charge in [-0.25, -0.2) is 0 Å². The molecule has 2 aromatic carbocycles. The molecule has 2 N–H and O–H groups in total. The number of rotatable bonds is 10. The Labute approximate surface area is 166 Å². The molecule has 0 aliphatic carbocycles. The topological polar surface area (TPSA) is 144 Å². The Kier molecular flexibility index (Phi) is 7.49. The van der Waals surface area contributed by atoms with Gasteiger partial charge in [0, 0.05) is 24.3 Å². The van der Waals surface area contributed by atoms with E-state index in [0.29, 0.717) is 11.8 Å². The molecule has 0 fully saturated rings. The van der Waals surface area contributed by atoms with Crippen LogP contribution in [0.4, 0.5) is 11.4 Å². The maximum atomic E-state index is 12.5. The van der Waals surface area contributed by atoms with Crippen molar-refractivity contribution in [1.29, 1.82) is 0 Å². The van der Waals surface area contributed by atoms with E-state index in [9.17, 15) is 29.8 Å². The van der Waals surface area contributed by atoms with E-state index in [0.717, 1.165) is 5.56 Å². The molecule has 0 aromatic heterocycles. The minimum absolute atomic E-state index is 0.0386. The van der Waals surface area contributed by atoms with Gasteiger partial charge < -0.3 is 15.4 Å². The minimum atomic E-state index is -0.795. The molecule has 0 aliphatic rings. The van der Waals surface area contributed by atoms with Crippen molar-refractivity contribution in [2.24, 2.45) is 0 Å². The Morgan fingerprint density at radius 2 is 1.38 bits per heavy atom. The molecule has 10 nitrogen and oxygen atoms in total. The molecule has 0 saturated carbocycles. The molecule has 152 valence electrons. The summed E-state index contributed by atoms with van der Waals surface area (Å²) in [6, 6.07) is 10.2. The average Bonchev–Trinajstić information content (AvgIpc) is 2.72. The van der Waals surface area contributed by atoms with Crippen molar-refractivity contribution in [3.8, 4) is 0 Å². The highest BCUT2D eigenvalue weighted by Gasteiger charge is 2.21. The first-order chi connectivity index (χ1) is 13.8. The number of nitro benzene ring substituents is 2. The SMILES string of the molecule is CNC(Cc1ccc([N+](=O)[O-])cc1)C(=O)NC(C=O)Cc1ccc([N+](=O)[O-])cc1. The van der Waals surface area contributed by atoms with Crippen molar-refractivity contribution in [1.82, 2.24) is 10.6 Å². The van der Waals surface area contributed by atoms with Crippen molar-refractivity contribution < 1.29 is 19.4 Å². The molecule has 2 atom stereocenters. The number of benzene rings is 2. The Hall–Kier alpha value is -3.66. The summed E-state index contributed by atoms with van der Waals surface area (Å²) < 4.78 is 0. The third kappa shape index (κ3) is 6.18. The first-order valence-electron chi connectivity index (χ1n) is 8.73. The molecule has 0 heterocycles. The predicted octanol–water partition coefficient (Wildman–Crippen LogP) is 1.56. The van der Waals surface area contributed by atoms with Crippen molar-refractivity contribution in [2.75, 3.05) is 7.05 Å². The van der Waals surface area contributed by atoms with E-state index < -0.39 is 27.8 Å². The summed E-state index contributed by atoms with van der Waals surface area (Å²) >= 11 is 0. The molecule has 10 heteroatoms. The fourth-order valence-electron chi connectivity index (χ4n) is 2.74. The molecule has 1 amide bonds. The van der Waals surface area contributed by atoms with Crippen molar-refractivity contribution in [3.05, 3.63) is 79.9 Å². The average molecular weight is 400 g/mol. The third-order valence-electron chi connectivity index (χ3n) is 4.35. The Bertz CT molecular complexity index is 883.